The van der Waals surface area contributed by atoms with Crippen LogP contribution in [0.5, 0.6) is 0 Å². The van der Waals surface area contributed by atoms with Crippen LogP contribution in [0.4, 0.5) is 0 Å². The van der Waals surface area contributed by atoms with E-state index in [1.807, 2.05) is 0 Å². The van der Waals surface area contributed by atoms with Crippen molar-refractivity contribution in [2.24, 2.45) is 0 Å². The summed E-state index contributed by atoms with van der Waals surface area (Å²) >= 11 is 0. The third-order valence-corrected chi connectivity index (χ3v) is 5.88. The molecular formula is C25H24O. The van der Waals surface area contributed by atoms with Crippen molar-refractivity contribution in [2.45, 2.75) is 32.1 Å². The van der Waals surface area contributed by atoms with Crippen molar-refractivity contribution in [3.05, 3.63) is 88.5 Å². The van der Waals surface area contributed by atoms with Gasteiger partial charge in [-0.25, -0.2) is 0 Å². The molecule has 0 saturated carbocycles. The maximum atomic E-state index is 5.96. The molecule has 0 aromatic heterocycles. The van der Waals surface area contributed by atoms with Crippen LogP contribution < -0.4 is 0 Å². The molecule has 0 fully saturated rings. The van der Waals surface area contributed by atoms with Gasteiger partial charge in [-0.05, 0) is 76.3 Å². The molecule has 130 valence electrons. The number of aryl methyl sites for hydroxylation is 1. The molecule has 3 aromatic carbocycles. The third kappa shape index (κ3) is 2.77. The van der Waals surface area contributed by atoms with E-state index < -0.39 is 0 Å². The molecule has 26 heavy (non-hydrogen) atoms. The van der Waals surface area contributed by atoms with Gasteiger partial charge < -0.3 is 4.74 Å². The molecule has 0 N–H and O–H groups in total. The number of ether oxygens (including phenoxy) is 1. The van der Waals surface area contributed by atoms with E-state index in [0.29, 0.717) is 0 Å². The smallest absolute Gasteiger partial charge is 0.0727 e. The van der Waals surface area contributed by atoms with Crippen LogP contribution >= 0.6 is 0 Å². The van der Waals surface area contributed by atoms with Crippen molar-refractivity contribution >= 4 is 16.3 Å². The van der Waals surface area contributed by atoms with Gasteiger partial charge in [0.1, 0.15) is 0 Å². The Bertz CT molecular complexity index is 982. The zero-order chi connectivity index (χ0) is 17.3. The van der Waals surface area contributed by atoms with E-state index in [2.05, 4.69) is 60.7 Å². The molecule has 1 heterocycles. The fraction of sp³-hybridized carbons (Fsp3) is 0.280. The van der Waals surface area contributed by atoms with E-state index >= 15 is 0 Å². The van der Waals surface area contributed by atoms with Crippen LogP contribution in [0.3, 0.4) is 0 Å². The molecule has 0 amide bonds. The molecule has 0 unspecified atom stereocenters. The van der Waals surface area contributed by atoms with Crippen LogP contribution in [-0.4, -0.2) is 13.2 Å². The van der Waals surface area contributed by atoms with Crippen molar-refractivity contribution in [1.82, 2.24) is 0 Å². The highest BCUT2D eigenvalue weighted by molar-refractivity contribution is 5.97. The summed E-state index contributed by atoms with van der Waals surface area (Å²) in [5.74, 6) is 0. The molecule has 1 nitrogen and oxygen atoms in total. The van der Waals surface area contributed by atoms with E-state index in [9.17, 15) is 0 Å². The van der Waals surface area contributed by atoms with E-state index in [4.69, 9.17) is 4.74 Å². The molecule has 0 radical (unpaired) electrons. The second-order valence-electron chi connectivity index (χ2n) is 7.55. The number of hydrogen-bond donors (Lipinski definition) is 0. The third-order valence-electron chi connectivity index (χ3n) is 5.88. The number of fused-ring (bicyclic) bond motifs is 2. The fourth-order valence-electron chi connectivity index (χ4n) is 4.63. The monoisotopic (exact) mass is 340 g/mol. The minimum atomic E-state index is 0.753. The van der Waals surface area contributed by atoms with E-state index in [1.54, 1.807) is 11.1 Å². The summed E-state index contributed by atoms with van der Waals surface area (Å²) in [7, 11) is 0. The largest absolute Gasteiger partial charge is 0.372 e. The maximum absolute atomic E-state index is 5.96. The molecule has 1 aliphatic heterocycles. The average molecular weight is 340 g/mol. The Kier molecular flexibility index (Phi) is 4.10. The Morgan fingerprint density at radius 3 is 2.54 bits per heavy atom. The van der Waals surface area contributed by atoms with E-state index in [1.165, 1.54) is 58.7 Å². The van der Waals surface area contributed by atoms with Crippen molar-refractivity contribution < 1.29 is 4.74 Å². The summed E-state index contributed by atoms with van der Waals surface area (Å²) in [5.41, 5.74) is 8.91. The lowest BCUT2D eigenvalue weighted by atomic mass is 9.81. The number of rotatable bonds is 3. The first kappa shape index (κ1) is 15.8. The van der Waals surface area contributed by atoms with Crippen molar-refractivity contribution in [1.29, 1.82) is 0 Å². The second-order valence-corrected chi connectivity index (χ2v) is 7.55. The first-order valence-corrected chi connectivity index (χ1v) is 9.76. The Morgan fingerprint density at radius 1 is 0.808 bits per heavy atom. The highest BCUT2D eigenvalue weighted by Gasteiger charge is 2.24. The molecule has 0 bridgehead atoms. The second kappa shape index (κ2) is 6.74. The van der Waals surface area contributed by atoms with Crippen LogP contribution in [-0.2, 0) is 24.0 Å². The Balaban J connectivity index is 1.71. The standard InChI is InChI=1S/C25H24O/c1-2-8-18(9-3-1)14-21-16-26-17-24(21)25-22-12-6-4-10-19(22)15-20-11-5-7-13-23(20)25/h1-4,6,8-10,12,15H,5,7,11,13-14,16-17H2. The topological polar surface area (TPSA) is 9.23 Å². The molecule has 0 saturated heterocycles. The van der Waals surface area contributed by atoms with Gasteiger partial charge in [0.15, 0.2) is 0 Å². The summed E-state index contributed by atoms with van der Waals surface area (Å²) in [6.07, 6.45) is 6.04. The number of hydrogen-bond acceptors (Lipinski definition) is 1. The first-order chi connectivity index (χ1) is 12.9. The van der Waals surface area contributed by atoms with E-state index in [0.717, 1.165) is 19.6 Å². The minimum absolute atomic E-state index is 0.753. The lowest BCUT2D eigenvalue weighted by Gasteiger charge is -2.23. The molecule has 5 rings (SSSR count). The minimum Gasteiger partial charge on any atom is -0.372 e. The van der Waals surface area contributed by atoms with Crippen LogP contribution in [0, 0.1) is 0 Å². The van der Waals surface area contributed by atoms with Gasteiger partial charge in [-0.2, -0.15) is 0 Å². The highest BCUT2D eigenvalue weighted by atomic mass is 16.5. The molecule has 0 spiro atoms. The van der Waals surface area contributed by atoms with Crippen LogP contribution in [0.1, 0.15) is 35.1 Å². The summed E-state index contributed by atoms with van der Waals surface area (Å²) in [5, 5.41) is 2.78. The molecule has 1 heteroatoms. The fourth-order valence-corrected chi connectivity index (χ4v) is 4.63. The zero-order valence-corrected chi connectivity index (χ0v) is 15.1. The van der Waals surface area contributed by atoms with Gasteiger partial charge in [0.25, 0.3) is 0 Å². The van der Waals surface area contributed by atoms with Crippen LogP contribution in [0.15, 0.2) is 66.2 Å². The summed E-state index contributed by atoms with van der Waals surface area (Å²) in [6, 6.07) is 22.1. The van der Waals surface area contributed by atoms with Gasteiger partial charge >= 0.3 is 0 Å². The molecule has 1 aliphatic carbocycles. The molecule has 0 atom stereocenters. The SMILES string of the molecule is c1ccc(CC2=C(c3c4c(cc5ccccc35)CCCC4)COC2)cc1. The first-order valence-electron chi connectivity index (χ1n) is 9.76. The molecular weight excluding hydrogens is 316 g/mol. The summed E-state index contributed by atoms with van der Waals surface area (Å²) in [4.78, 5) is 0. The lowest BCUT2D eigenvalue weighted by Crippen LogP contribution is -2.08. The van der Waals surface area contributed by atoms with Crippen LogP contribution in [0.25, 0.3) is 16.3 Å². The van der Waals surface area contributed by atoms with Gasteiger partial charge in [0.05, 0.1) is 13.2 Å². The quantitative estimate of drug-likeness (QED) is 0.590. The van der Waals surface area contributed by atoms with E-state index in [-0.39, 0.29) is 0 Å². The Morgan fingerprint density at radius 2 is 1.62 bits per heavy atom. The van der Waals surface area contributed by atoms with Crippen LogP contribution in [0.2, 0.25) is 0 Å². The predicted molar refractivity (Wildman–Crippen MR) is 108 cm³/mol. The van der Waals surface area contributed by atoms with Crippen molar-refractivity contribution in [2.75, 3.05) is 13.2 Å². The van der Waals surface area contributed by atoms with Gasteiger partial charge in [0.2, 0.25) is 0 Å². The average Bonchev–Trinajstić information content (AvgIpc) is 3.14. The highest BCUT2D eigenvalue weighted by Crippen LogP contribution is 2.39. The van der Waals surface area contributed by atoms with Crippen molar-refractivity contribution in [3.63, 3.8) is 0 Å². The summed E-state index contributed by atoms with van der Waals surface area (Å²) < 4.78 is 5.96. The molecule has 2 aliphatic rings. The van der Waals surface area contributed by atoms with Gasteiger partial charge in [0, 0.05) is 0 Å². The van der Waals surface area contributed by atoms with Gasteiger partial charge in [-0.1, -0.05) is 60.7 Å². The summed E-state index contributed by atoms with van der Waals surface area (Å²) in [6.45, 7) is 1.52. The Hall–Kier alpha value is -2.38. The normalized spacial score (nSPS) is 16.9. The molecule has 3 aromatic rings. The maximum Gasteiger partial charge on any atom is 0.0727 e. The van der Waals surface area contributed by atoms with Gasteiger partial charge in [-0.3, -0.25) is 0 Å². The lowest BCUT2D eigenvalue weighted by molar-refractivity contribution is 0.210. The predicted octanol–water partition coefficient (Wildman–Crippen LogP) is 5.75. The van der Waals surface area contributed by atoms with Crippen molar-refractivity contribution in [3.8, 4) is 0 Å². The Labute approximate surface area is 155 Å². The number of benzene rings is 3. The zero-order valence-electron chi connectivity index (χ0n) is 15.1. The van der Waals surface area contributed by atoms with Gasteiger partial charge in [-0.15, -0.1) is 0 Å².